The number of anilines is 1. The van der Waals surface area contributed by atoms with E-state index in [1.54, 1.807) is 6.20 Å². The molecule has 2 rings (SSSR count). The smallest absolute Gasteiger partial charge is 0.128 e. The van der Waals surface area contributed by atoms with E-state index in [0.717, 1.165) is 13.0 Å². The molecular weight excluding hydrogens is 210 g/mol. The molecule has 0 aromatic carbocycles. The Balaban J connectivity index is 2.31. The molecule has 3 nitrogen and oxygen atoms in total. The third-order valence-corrected chi connectivity index (χ3v) is 3.86. The molecule has 1 aromatic heterocycles. The predicted octanol–water partition coefficient (Wildman–Crippen LogP) is 2.81. The van der Waals surface area contributed by atoms with Gasteiger partial charge >= 0.3 is 0 Å². The van der Waals surface area contributed by atoms with Crippen LogP contribution in [0.3, 0.4) is 0 Å². The average molecular weight is 233 g/mol. The highest BCUT2D eigenvalue weighted by Gasteiger charge is 2.46. The summed E-state index contributed by atoms with van der Waals surface area (Å²) in [6, 6.07) is 2.41. The summed E-state index contributed by atoms with van der Waals surface area (Å²) in [6.45, 7) is 7.69. The van der Waals surface area contributed by atoms with Crippen molar-refractivity contribution in [3.63, 3.8) is 0 Å². The van der Waals surface area contributed by atoms with Gasteiger partial charge in [0.15, 0.2) is 0 Å². The summed E-state index contributed by atoms with van der Waals surface area (Å²) in [5, 5.41) is 3.65. The maximum absolute atomic E-state index is 6.07. The van der Waals surface area contributed by atoms with Crippen molar-refractivity contribution in [2.75, 3.05) is 12.3 Å². The number of hydrogen-bond donors (Lipinski definition) is 2. The Morgan fingerprint density at radius 2 is 2.24 bits per heavy atom. The average Bonchev–Trinajstić information content (AvgIpc) is 3.01. The van der Waals surface area contributed by atoms with Crippen LogP contribution in [0.1, 0.15) is 50.3 Å². The van der Waals surface area contributed by atoms with Gasteiger partial charge in [-0.2, -0.15) is 0 Å². The second-order valence-corrected chi connectivity index (χ2v) is 5.47. The molecule has 0 saturated heterocycles. The molecule has 0 radical (unpaired) electrons. The van der Waals surface area contributed by atoms with Crippen molar-refractivity contribution in [1.82, 2.24) is 10.3 Å². The molecule has 1 atom stereocenters. The van der Waals surface area contributed by atoms with Gasteiger partial charge in [-0.15, -0.1) is 0 Å². The summed E-state index contributed by atoms with van der Waals surface area (Å²) in [4.78, 5) is 4.25. The molecule has 3 N–H and O–H groups in total. The fraction of sp³-hybridized carbons (Fsp3) is 0.643. The van der Waals surface area contributed by atoms with E-state index in [0.29, 0.717) is 17.3 Å². The van der Waals surface area contributed by atoms with Gasteiger partial charge in [0.05, 0.1) is 0 Å². The van der Waals surface area contributed by atoms with Crippen molar-refractivity contribution < 1.29 is 0 Å². The minimum atomic E-state index is 0.358. The summed E-state index contributed by atoms with van der Waals surface area (Å²) >= 11 is 0. The van der Waals surface area contributed by atoms with Crippen LogP contribution in [0, 0.1) is 12.3 Å². The maximum Gasteiger partial charge on any atom is 0.128 e. The van der Waals surface area contributed by atoms with Gasteiger partial charge in [-0.25, -0.2) is 4.98 Å². The molecule has 17 heavy (non-hydrogen) atoms. The molecule has 1 aromatic rings. The SMILES string of the molecule is CCCNC(c1c(C)ccnc1N)C1(C)CC1. The normalized spacial score (nSPS) is 19.0. The van der Waals surface area contributed by atoms with E-state index >= 15 is 0 Å². The topological polar surface area (TPSA) is 50.9 Å². The molecular formula is C14H23N3. The van der Waals surface area contributed by atoms with Crippen molar-refractivity contribution in [3.05, 3.63) is 23.4 Å². The fourth-order valence-electron chi connectivity index (χ4n) is 2.44. The number of nitrogen functional groups attached to an aromatic ring is 1. The summed E-state index contributed by atoms with van der Waals surface area (Å²) in [7, 11) is 0. The van der Waals surface area contributed by atoms with E-state index in [4.69, 9.17) is 5.73 Å². The first-order valence-corrected chi connectivity index (χ1v) is 6.53. The van der Waals surface area contributed by atoms with E-state index in [9.17, 15) is 0 Å². The van der Waals surface area contributed by atoms with Gasteiger partial charge in [0.1, 0.15) is 5.82 Å². The zero-order valence-corrected chi connectivity index (χ0v) is 11.1. The van der Waals surface area contributed by atoms with E-state index in [-0.39, 0.29) is 0 Å². The van der Waals surface area contributed by atoms with Crippen LogP contribution in [0.5, 0.6) is 0 Å². The zero-order valence-electron chi connectivity index (χ0n) is 11.1. The fourth-order valence-corrected chi connectivity index (χ4v) is 2.44. The van der Waals surface area contributed by atoms with Gasteiger partial charge in [-0.1, -0.05) is 13.8 Å². The first-order valence-electron chi connectivity index (χ1n) is 6.53. The Hall–Kier alpha value is -1.09. The Bertz CT molecular complexity index is 376. The molecule has 3 heteroatoms. The van der Waals surface area contributed by atoms with Crippen LogP contribution >= 0.6 is 0 Å². The lowest BCUT2D eigenvalue weighted by Gasteiger charge is -2.27. The van der Waals surface area contributed by atoms with E-state index < -0.39 is 0 Å². The lowest BCUT2D eigenvalue weighted by Crippen LogP contribution is -2.30. The van der Waals surface area contributed by atoms with E-state index in [1.165, 1.54) is 24.0 Å². The number of nitrogens with one attached hydrogen (secondary N) is 1. The molecule has 1 aliphatic carbocycles. The Kier molecular flexibility index (Phi) is 3.38. The van der Waals surface area contributed by atoms with Crippen molar-refractivity contribution in [2.24, 2.45) is 5.41 Å². The van der Waals surface area contributed by atoms with Gasteiger partial charge < -0.3 is 11.1 Å². The summed E-state index contributed by atoms with van der Waals surface area (Å²) in [6.07, 6.45) is 5.50. The van der Waals surface area contributed by atoms with Crippen LogP contribution in [0.25, 0.3) is 0 Å². The highest BCUT2D eigenvalue weighted by molar-refractivity contribution is 5.47. The Morgan fingerprint density at radius 1 is 1.53 bits per heavy atom. The van der Waals surface area contributed by atoms with Gasteiger partial charge in [-0.05, 0) is 49.8 Å². The molecule has 1 fully saturated rings. The number of pyridine rings is 1. The van der Waals surface area contributed by atoms with Gasteiger partial charge in [-0.3, -0.25) is 0 Å². The van der Waals surface area contributed by atoms with E-state index in [2.05, 4.69) is 37.1 Å². The molecule has 1 saturated carbocycles. The third-order valence-electron chi connectivity index (χ3n) is 3.86. The standard InChI is InChI=1S/C14H23N3/c1-4-8-16-12(14(3)6-7-14)11-10(2)5-9-17-13(11)15/h5,9,12,16H,4,6-8H2,1-3H3,(H2,15,17). The van der Waals surface area contributed by atoms with Crippen LogP contribution < -0.4 is 11.1 Å². The number of aryl methyl sites for hydroxylation is 1. The number of nitrogens with zero attached hydrogens (tertiary/aromatic N) is 1. The maximum atomic E-state index is 6.07. The molecule has 94 valence electrons. The molecule has 0 aliphatic heterocycles. The number of rotatable bonds is 5. The predicted molar refractivity (Wildman–Crippen MR) is 71.8 cm³/mol. The van der Waals surface area contributed by atoms with Crippen LogP contribution in [0.15, 0.2) is 12.3 Å². The largest absolute Gasteiger partial charge is 0.383 e. The van der Waals surface area contributed by atoms with Crippen molar-refractivity contribution in [3.8, 4) is 0 Å². The van der Waals surface area contributed by atoms with Gasteiger partial charge in [0, 0.05) is 17.8 Å². The molecule has 0 bridgehead atoms. The van der Waals surface area contributed by atoms with Crippen molar-refractivity contribution >= 4 is 5.82 Å². The van der Waals surface area contributed by atoms with E-state index in [1.807, 2.05) is 0 Å². The molecule has 1 heterocycles. The number of aromatic nitrogens is 1. The zero-order chi connectivity index (χ0) is 12.5. The van der Waals surface area contributed by atoms with Gasteiger partial charge in [0.25, 0.3) is 0 Å². The second kappa shape index (κ2) is 4.65. The molecule has 1 aliphatic rings. The minimum Gasteiger partial charge on any atom is -0.383 e. The molecule has 0 spiro atoms. The quantitative estimate of drug-likeness (QED) is 0.822. The van der Waals surface area contributed by atoms with Crippen LogP contribution in [0.2, 0.25) is 0 Å². The number of hydrogen-bond acceptors (Lipinski definition) is 3. The Labute approximate surface area is 104 Å². The van der Waals surface area contributed by atoms with Gasteiger partial charge in [0.2, 0.25) is 0 Å². The molecule has 0 amide bonds. The minimum absolute atomic E-state index is 0.358. The first-order chi connectivity index (χ1) is 8.08. The highest BCUT2D eigenvalue weighted by Crippen LogP contribution is 2.55. The summed E-state index contributed by atoms with van der Waals surface area (Å²) in [5.41, 5.74) is 8.90. The highest BCUT2D eigenvalue weighted by atomic mass is 15.0. The Morgan fingerprint density at radius 3 is 2.76 bits per heavy atom. The molecule has 1 unspecified atom stereocenters. The third kappa shape index (κ3) is 2.44. The van der Waals surface area contributed by atoms with Crippen LogP contribution in [0.4, 0.5) is 5.82 Å². The second-order valence-electron chi connectivity index (χ2n) is 5.47. The van der Waals surface area contributed by atoms with Crippen molar-refractivity contribution in [1.29, 1.82) is 0 Å². The summed E-state index contributed by atoms with van der Waals surface area (Å²) in [5.74, 6) is 0.687. The lowest BCUT2D eigenvalue weighted by atomic mass is 9.89. The summed E-state index contributed by atoms with van der Waals surface area (Å²) < 4.78 is 0. The van der Waals surface area contributed by atoms with Crippen LogP contribution in [-0.4, -0.2) is 11.5 Å². The van der Waals surface area contributed by atoms with Crippen LogP contribution in [-0.2, 0) is 0 Å². The first kappa shape index (κ1) is 12.4. The monoisotopic (exact) mass is 233 g/mol. The van der Waals surface area contributed by atoms with Crippen molar-refractivity contribution in [2.45, 2.75) is 46.1 Å². The number of nitrogens with two attached hydrogens (primary N) is 1. The lowest BCUT2D eigenvalue weighted by molar-refractivity contribution is 0.366.